The van der Waals surface area contributed by atoms with Crippen LogP contribution >= 0.6 is 11.8 Å². The van der Waals surface area contributed by atoms with E-state index < -0.39 is 246 Å². The quantitative estimate of drug-likeness (QED) is 0.0170. The number of unbranched alkanes of at least 4 members (excludes halogenated alkanes) is 2. The highest BCUT2D eigenvalue weighted by atomic mass is 32.2. The lowest BCUT2D eigenvalue weighted by molar-refractivity contribution is -0.148. The zero-order valence-electron chi connectivity index (χ0n) is 85.9. The summed E-state index contributed by atoms with van der Waals surface area (Å²) in [6, 6.07) is -7.37. The first-order valence-corrected chi connectivity index (χ1v) is 52.3. The maximum Gasteiger partial charge on any atom is 0.305 e. The fourth-order valence-corrected chi connectivity index (χ4v) is 18.7. The van der Waals surface area contributed by atoms with Gasteiger partial charge in [-0.3, -0.25) is 107 Å². The van der Waals surface area contributed by atoms with E-state index in [0.29, 0.717) is 55.4 Å². The molecule has 4 saturated heterocycles. The van der Waals surface area contributed by atoms with E-state index in [0.717, 1.165) is 4.90 Å². The number of rotatable bonds is 64. The van der Waals surface area contributed by atoms with Crippen LogP contribution in [0, 0.1) is 28.6 Å². The maximum atomic E-state index is 15.2. The summed E-state index contributed by atoms with van der Waals surface area (Å²) in [5.74, 6) is -19.5. The molecule has 2 aromatic rings. The van der Waals surface area contributed by atoms with Gasteiger partial charge in [0.1, 0.15) is 103 Å². The van der Waals surface area contributed by atoms with Crippen molar-refractivity contribution in [3.8, 4) is 0 Å². The SMILES string of the molecule is CSCC[C@H](NC(=O)[C@@H]1CCCN1C(=O)[C@@H](NC(C)=O)C(C)C)C(=O)N[C@@H](CCCNC(=N)N)C(=O)N[C@@H](CC(C)C)C(=O)N[C@@H](CCCNC(=N)N)C(=O)N[C@@H](CCCCN)C(=O)N[C@@H](CC(C)C)C(=O)N1CCC[C@H]1C(=O)N[C@@H](CC(=O)O)C(=O)N[C@@H](CO)C(=O)N[C@@H](Cc1ccccc1)C(=O)N[C@@H](Cc1ccccc1)C(=O)N[C@@H](CCCCN)C(=O)N1CCC[C@H]1C(=O)N1CCC[C@H]1C(=O)N[C@@H](CCC(=O)O)C(N)=O. The van der Waals surface area contributed by atoms with Crippen LogP contribution in [0.25, 0.3) is 0 Å². The number of aliphatic carboxylic acids is 2. The molecule has 822 valence electrons. The molecule has 4 aliphatic heterocycles. The average molecular weight is 2100 g/mol. The monoisotopic (exact) mass is 2100 g/mol. The zero-order chi connectivity index (χ0) is 110. The number of carbonyl (C=O) groups is 20. The topological polar surface area (TPSA) is 773 Å². The summed E-state index contributed by atoms with van der Waals surface area (Å²) in [5, 5.41) is 85.8. The molecule has 49 nitrogen and oxygen atoms in total. The van der Waals surface area contributed by atoms with E-state index in [4.69, 9.17) is 39.5 Å². The number of thioether (sulfide) groups is 1. The van der Waals surface area contributed by atoms with E-state index in [-0.39, 0.29) is 192 Å². The minimum Gasteiger partial charge on any atom is -0.481 e. The summed E-state index contributed by atoms with van der Waals surface area (Å²) >= 11 is 1.37. The van der Waals surface area contributed by atoms with Gasteiger partial charge in [-0.15, -0.1) is 0 Å². The van der Waals surface area contributed by atoms with Crippen molar-refractivity contribution >= 4 is 142 Å². The molecule has 2 aromatic carbocycles. The van der Waals surface area contributed by atoms with Crippen LogP contribution in [-0.4, -0.2) is 339 Å². The number of nitrogens with zero attached hydrogens (tertiary/aromatic N) is 4. The number of carboxylic acid groups (broad SMARTS) is 2. The highest BCUT2D eigenvalue weighted by Crippen LogP contribution is 2.29. The van der Waals surface area contributed by atoms with Crippen LogP contribution < -0.4 is 108 Å². The van der Waals surface area contributed by atoms with Gasteiger partial charge in [-0.2, -0.15) is 11.8 Å². The van der Waals surface area contributed by atoms with Crippen LogP contribution in [0.1, 0.15) is 214 Å². The molecule has 4 fully saturated rings. The fourth-order valence-electron chi connectivity index (χ4n) is 18.2. The third-order valence-electron chi connectivity index (χ3n) is 25.9. The Morgan fingerprint density at radius 1 is 0.385 bits per heavy atom. The second-order valence-corrected chi connectivity index (χ2v) is 40.0. The van der Waals surface area contributed by atoms with Gasteiger partial charge in [0.15, 0.2) is 11.9 Å². The second-order valence-electron chi connectivity index (χ2n) is 39.0. The number of aliphatic hydroxyl groups is 1. The Labute approximate surface area is 866 Å². The van der Waals surface area contributed by atoms with Crippen molar-refractivity contribution in [2.75, 3.05) is 71.0 Å². The number of carbonyl (C=O) groups excluding carboxylic acids is 18. The maximum absolute atomic E-state index is 15.2. The molecule has 6 rings (SSSR count). The molecular formula is C98H156N26O23S. The van der Waals surface area contributed by atoms with Gasteiger partial charge in [0.2, 0.25) is 106 Å². The van der Waals surface area contributed by atoms with Crippen molar-refractivity contribution < 1.29 is 111 Å². The molecule has 0 saturated carbocycles. The summed E-state index contributed by atoms with van der Waals surface area (Å²) in [5.41, 5.74) is 29.5. The number of guanidine groups is 2. The normalized spacial score (nSPS) is 18.0. The van der Waals surface area contributed by atoms with E-state index in [1.807, 2.05) is 0 Å². The molecule has 0 radical (unpaired) electrons. The predicted molar refractivity (Wildman–Crippen MR) is 546 cm³/mol. The van der Waals surface area contributed by atoms with Gasteiger partial charge in [0.25, 0.3) is 0 Å². The van der Waals surface area contributed by atoms with Gasteiger partial charge in [0, 0.05) is 65.5 Å². The molecule has 30 N–H and O–H groups in total. The van der Waals surface area contributed by atoms with E-state index in [1.165, 1.54) is 33.4 Å². The van der Waals surface area contributed by atoms with Crippen LogP contribution in [-0.2, 0) is 109 Å². The lowest BCUT2D eigenvalue weighted by atomic mass is 10.00. The number of nitrogens with one attached hydrogen (secondary N) is 17. The van der Waals surface area contributed by atoms with Crippen molar-refractivity contribution in [2.45, 2.75) is 318 Å². The number of hydrogen-bond donors (Lipinski definition) is 25. The number of primary amides is 1. The van der Waals surface area contributed by atoms with Crippen molar-refractivity contribution in [3.05, 3.63) is 71.8 Å². The van der Waals surface area contributed by atoms with E-state index in [9.17, 15) is 82.4 Å². The molecule has 0 aliphatic carbocycles. The molecule has 148 heavy (non-hydrogen) atoms. The van der Waals surface area contributed by atoms with Crippen LogP contribution in [0.15, 0.2) is 60.7 Å². The minimum absolute atomic E-state index is 0.00181. The highest BCUT2D eigenvalue weighted by Gasteiger charge is 2.48. The summed E-state index contributed by atoms with van der Waals surface area (Å²) in [6.07, 6.45) is 2.23. The van der Waals surface area contributed by atoms with Gasteiger partial charge in [-0.1, -0.05) is 102 Å². The number of aliphatic hydroxyl groups excluding tert-OH is 1. The van der Waals surface area contributed by atoms with Crippen molar-refractivity contribution in [2.24, 2.45) is 46.4 Å². The number of hydrogen-bond acceptors (Lipinski definition) is 26. The predicted octanol–water partition coefficient (Wildman–Crippen LogP) is -4.14. The van der Waals surface area contributed by atoms with Gasteiger partial charge in [0.05, 0.1) is 13.0 Å². The van der Waals surface area contributed by atoms with Gasteiger partial charge < -0.3 is 143 Å². The van der Waals surface area contributed by atoms with E-state index >= 15 is 28.8 Å². The molecule has 0 bridgehead atoms. The van der Waals surface area contributed by atoms with E-state index in [1.54, 1.807) is 108 Å². The Hall–Kier alpha value is -13.4. The van der Waals surface area contributed by atoms with Gasteiger partial charge >= 0.3 is 11.9 Å². The number of benzene rings is 2. The van der Waals surface area contributed by atoms with Crippen LogP contribution in [0.4, 0.5) is 0 Å². The summed E-state index contributed by atoms with van der Waals surface area (Å²) in [7, 11) is 0. The van der Waals surface area contributed by atoms with Crippen LogP contribution in [0.5, 0.6) is 0 Å². The minimum atomic E-state index is -2.03. The first-order chi connectivity index (χ1) is 70.3. The summed E-state index contributed by atoms with van der Waals surface area (Å²) in [4.78, 5) is 289. The molecule has 0 spiro atoms. The van der Waals surface area contributed by atoms with Crippen molar-refractivity contribution in [1.29, 1.82) is 10.8 Å². The standard InChI is InChI=1S/C98H156N26O23S/c1-55(2)49-67(115-82(133)64(32-20-43-107-98(104)105)111-84(135)65(39-48-148-8)113-91(142)75-35-23-46-123(75)96(147)79(57(5)6)108-58(7)126)85(136)112-63(31-19-42-106-97(102)103)81(132)110-62(29-15-17-40-99)83(134)119-71(50-56(3)4)94(145)121-44-21-33-73(121)92(143)118-70(53-78(129)130)88(139)120-72(54-125)89(140)117-69(52-60-27-13-10-14-28-60)87(138)116-68(51-59-25-11-9-12-26-59)86(137)114-66(30-16-18-41-100)93(144)124-47-24-36-76(124)95(146)122-45-22-34-74(122)90(141)109-61(80(101)131)37-38-77(127)128/h9-14,25-28,55-57,61-76,79,125H,15-24,29-54,99-100H2,1-8H3,(H2,101,131)(H,108,126)(H,109,141)(H,110,132)(H,111,135)(H,112,136)(H,113,142)(H,114,137)(H,115,133)(H,116,138)(H,117,140)(H,118,143)(H,119,134)(H,120,139)(H,127,128)(H,129,130)(H4,102,103,106)(H4,104,105,107)/t61-,62-,63-,64-,65-,66-,67-,68-,69-,70-,71-,72-,73-,74-,75-,76-,79-/m0/s1. The molecule has 0 aromatic heterocycles. The Balaban J connectivity index is 1.20. The number of amides is 18. The number of likely N-dealkylation sites (tertiary alicyclic amines) is 4. The highest BCUT2D eigenvalue weighted by molar-refractivity contribution is 7.98. The summed E-state index contributed by atoms with van der Waals surface area (Å²) in [6.45, 7) is 11.3. The fraction of sp³-hybridized carbons (Fsp3) is 0.653. The molecule has 4 aliphatic rings. The zero-order valence-corrected chi connectivity index (χ0v) is 86.7. The average Bonchev–Trinajstić information content (AvgIpc) is 1.64. The molecule has 50 heteroatoms. The Kier molecular flexibility index (Phi) is 52.8. The third-order valence-corrected chi connectivity index (χ3v) is 26.5. The van der Waals surface area contributed by atoms with Crippen molar-refractivity contribution in [3.63, 3.8) is 0 Å². The smallest absolute Gasteiger partial charge is 0.305 e. The molecular weight excluding hydrogens is 1940 g/mol. The molecule has 17 atom stereocenters. The van der Waals surface area contributed by atoms with E-state index in [2.05, 4.69) is 79.8 Å². The third kappa shape index (κ3) is 40.7. The molecule has 4 heterocycles. The summed E-state index contributed by atoms with van der Waals surface area (Å²) < 4.78 is 0. The van der Waals surface area contributed by atoms with Gasteiger partial charge in [-0.05, 0) is 195 Å². The lowest BCUT2D eigenvalue weighted by Crippen LogP contribution is -2.61. The Morgan fingerprint density at radius 2 is 0.730 bits per heavy atom. The first kappa shape index (κ1) is 123. The van der Waals surface area contributed by atoms with Crippen LogP contribution in [0.3, 0.4) is 0 Å². The lowest BCUT2D eigenvalue weighted by Gasteiger charge is -2.33. The van der Waals surface area contributed by atoms with Crippen molar-refractivity contribution in [1.82, 2.24) is 99.4 Å². The van der Waals surface area contributed by atoms with Gasteiger partial charge in [-0.25, -0.2) is 0 Å². The molecule has 18 amide bonds. The largest absolute Gasteiger partial charge is 0.481 e. The second kappa shape index (κ2) is 63.3. The molecule has 0 unspecified atom stereocenters. The Morgan fingerprint density at radius 3 is 1.15 bits per heavy atom. The first-order valence-electron chi connectivity index (χ1n) is 50.9. The number of nitrogens with two attached hydrogens (primary N) is 5. The van der Waals surface area contributed by atoms with Crippen LogP contribution in [0.2, 0.25) is 0 Å². The Bertz CT molecular complexity index is 4850. The number of carboxylic acids is 2.